The number of carbonyl (C=O) groups is 3. The molecule has 0 spiro atoms. The molecular weight excluding hydrogens is 268 g/mol. The third kappa shape index (κ3) is 5.04. The Kier molecular flexibility index (Phi) is 6.23. The number of urea groups is 1. The maximum atomic E-state index is 11.9. The summed E-state index contributed by atoms with van der Waals surface area (Å²) in [4.78, 5) is 34.8. The second-order valence-corrected chi connectivity index (χ2v) is 4.75. The minimum Gasteiger partial charge on any atom is -0.481 e. The van der Waals surface area contributed by atoms with E-state index < -0.39 is 24.0 Å². The number of amides is 2. The molecule has 0 bridgehead atoms. The Morgan fingerprint density at radius 1 is 1.40 bits per heavy atom. The Bertz CT molecular complexity index is 367. The fourth-order valence-corrected chi connectivity index (χ4v) is 1.96. The van der Waals surface area contributed by atoms with Gasteiger partial charge < -0.3 is 25.2 Å². The van der Waals surface area contributed by atoms with E-state index in [1.807, 2.05) is 0 Å². The number of aliphatic carboxylic acids is 2. The summed E-state index contributed by atoms with van der Waals surface area (Å²) in [7, 11) is 1.59. The van der Waals surface area contributed by atoms with Crippen molar-refractivity contribution in [3.63, 3.8) is 0 Å². The number of carbonyl (C=O) groups excluding carboxylic acids is 1. The average molecular weight is 288 g/mol. The molecule has 1 aliphatic rings. The molecule has 0 aromatic heterocycles. The number of likely N-dealkylation sites (N-methyl/N-ethyl adjacent to an activating group) is 1. The van der Waals surface area contributed by atoms with Gasteiger partial charge in [-0.1, -0.05) is 0 Å². The van der Waals surface area contributed by atoms with Crippen LogP contribution in [0.4, 0.5) is 4.79 Å². The highest BCUT2D eigenvalue weighted by atomic mass is 16.5. The zero-order chi connectivity index (χ0) is 15.1. The van der Waals surface area contributed by atoms with Crippen molar-refractivity contribution in [1.29, 1.82) is 0 Å². The quantitative estimate of drug-likeness (QED) is 0.613. The molecule has 1 rings (SSSR count). The number of nitrogens with one attached hydrogen (secondary N) is 1. The SMILES string of the molecule is CN(C(=O)N[C@H](CCCC(=O)O)C(=O)O)C1CCOC1. The first-order valence-corrected chi connectivity index (χ1v) is 6.47. The van der Waals surface area contributed by atoms with Gasteiger partial charge in [0, 0.05) is 20.1 Å². The molecule has 2 amide bonds. The van der Waals surface area contributed by atoms with Crippen LogP contribution in [0.25, 0.3) is 0 Å². The summed E-state index contributed by atoms with van der Waals surface area (Å²) in [5.74, 6) is -2.15. The fourth-order valence-electron chi connectivity index (χ4n) is 1.96. The van der Waals surface area contributed by atoms with Crippen molar-refractivity contribution in [2.24, 2.45) is 0 Å². The summed E-state index contributed by atoms with van der Waals surface area (Å²) in [6.07, 6.45) is 0.887. The number of hydrogen-bond donors (Lipinski definition) is 3. The molecule has 1 unspecified atom stereocenters. The number of nitrogens with zero attached hydrogens (tertiary/aromatic N) is 1. The van der Waals surface area contributed by atoms with E-state index in [9.17, 15) is 14.4 Å². The zero-order valence-electron chi connectivity index (χ0n) is 11.4. The molecule has 114 valence electrons. The predicted octanol–water partition coefficient (Wildman–Crippen LogP) is 0.125. The third-order valence-corrected chi connectivity index (χ3v) is 3.25. The standard InChI is InChI=1S/C12H20N2O6/c1-14(8-5-6-20-7-8)12(19)13-9(11(17)18)3-2-4-10(15)16/h8-9H,2-7H2,1H3,(H,13,19)(H,15,16)(H,17,18)/t8?,9-/m1/s1. The maximum Gasteiger partial charge on any atom is 0.326 e. The Labute approximate surface area is 116 Å². The molecule has 1 heterocycles. The molecule has 0 aromatic carbocycles. The van der Waals surface area contributed by atoms with Crippen LogP contribution in [0.2, 0.25) is 0 Å². The van der Waals surface area contributed by atoms with Crippen LogP contribution >= 0.6 is 0 Å². The second kappa shape index (κ2) is 7.68. The highest BCUT2D eigenvalue weighted by molar-refractivity contribution is 5.82. The number of hydrogen-bond acceptors (Lipinski definition) is 4. The Hall–Kier alpha value is -1.83. The van der Waals surface area contributed by atoms with Gasteiger partial charge in [-0.05, 0) is 19.3 Å². The molecular formula is C12H20N2O6. The van der Waals surface area contributed by atoms with E-state index in [1.54, 1.807) is 7.05 Å². The van der Waals surface area contributed by atoms with Crippen LogP contribution in [0, 0.1) is 0 Å². The normalized spacial score (nSPS) is 19.4. The maximum absolute atomic E-state index is 11.9. The first kappa shape index (κ1) is 16.2. The lowest BCUT2D eigenvalue weighted by atomic mass is 10.1. The summed E-state index contributed by atoms with van der Waals surface area (Å²) in [6, 6.07) is -1.61. The van der Waals surface area contributed by atoms with Gasteiger partial charge >= 0.3 is 18.0 Å². The van der Waals surface area contributed by atoms with Gasteiger partial charge in [0.1, 0.15) is 6.04 Å². The summed E-state index contributed by atoms with van der Waals surface area (Å²) < 4.78 is 5.17. The van der Waals surface area contributed by atoms with E-state index in [4.69, 9.17) is 14.9 Å². The smallest absolute Gasteiger partial charge is 0.326 e. The first-order chi connectivity index (χ1) is 9.41. The van der Waals surface area contributed by atoms with E-state index in [0.717, 1.165) is 6.42 Å². The summed E-state index contributed by atoms with van der Waals surface area (Å²) in [6.45, 7) is 1.03. The van der Waals surface area contributed by atoms with Gasteiger partial charge in [0.2, 0.25) is 0 Å². The molecule has 1 aliphatic heterocycles. The van der Waals surface area contributed by atoms with Crippen LogP contribution in [0.5, 0.6) is 0 Å². The van der Waals surface area contributed by atoms with Crippen LogP contribution in [0.1, 0.15) is 25.7 Å². The van der Waals surface area contributed by atoms with Gasteiger partial charge in [-0.2, -0.15) is 0 Å². The summed E-state index contributed by atoms with van der Waals surface area (Å²) in [5.41, 5.74) is 0. The average Bonchev–Trinajstić information content (AvgIpc) is 2.89. The molecule has 0 aliphatic carbocycles. The second-order valence-electron chi connectivity index (χ2n) is 4.75. The summed E-state index contributed by atoms with van der Waals surface area (Å²) >= 11 is 0. The molecule has 8 nitrogen and oxygen atoms in total. The highest BCUT2D eigenvalue weighted by Gasteiger charge is 2.27. The zero-order valence-corrected chi connectivity index (χ0v) is 11.4. The van der Waals surface area contributed by atoms with Crippen LogP contribution in [0.3, 0.4) is 0 Å². The van der Waals surface area contributed by atoms with Gasteiger partial charge in [0.15, 0.2) is 0 Å². The van der Waals surface area contributed by atoms with E-state index in [1.165, 1.54) is 4.90 Å². The minimum atomic E-state index is -1.17. The fraction of sp³-hybridized carbons (Fsp3) is 0.750. The largest absolute Gasteiger partial charge is 0.481 e. The number of carboxylic acid groups (broad SMARTS) is 2. The molecule has 1 saturated heterocycles. The Morgan fingerprint density at radius 2 is 2.10 bits per heavy atom. The van der Waals surface area contributed by atoms with Gasteiger partial charge in [-0.15, -0.1) is 0 Å². The van der Waals surface area contributed by atoms with Crippen molar-refractivity contribution >= 4 is 18.0 Å². The first-order valence-electron chi connectivity index (χ1n) is 6.47. The molecule has 1 fully saturated rings. The van der Waals surface area contributed by atoms with E-state index in [-0.39, 0.29) is 25.3 Å². The van der Waals surface area contributed by atoms with Crippen LogP contribution < -0.4 is 5.32 Å². The highest BCUT2D eigenvalue weighted by Crippen LogP contribution is 2.11. The minimum absolute atomic E-state index is 0.0523. The third-order valence-electron chi connectivity index (χ3n) is 3.25. The lowest BCUT2D eigenvalue weighted by Crippen LogP contribution is -2.50. The monoisotopic (exact) mass is 288 g/mol. The Morgan fingerprint density at radius 3 is 2.60 bits per heavy atom. The van der Waals surface area contributed by atoms with E-state index >= 15 is 0 Å². The molecule has 3 N–H and O–H groups in total. The summed E-state index contributed by atoms with van der Waals surface area (Å²) in [5, 5.41) is 20.0. The van der Waals surface area contributed by atoms with E-state index in [2.05, 4.69) is 5.32 Å². The van der Waals surface area contributed by atoms with Crippen molar-refractivity contribution in [3.05, 3.63) is 0 Å². The molecule has 20 heavy (non-hydrogen) atoms. The van der Waals surface area contributed by atoms with Crippen molar-refractivity contribution in [1.82, 2.24) is 10.2 Å². The van der Waals surface area contributed by atoms with Gasteiger partial charge in [-0.3, -0.25) is 4.79 Å². The molecule has 0 aromatic rings. The van der Waals surface area contributed by atoms with Gasteiger partial charge in [0.25, 0.3) is 0 Å². The predicted molar refractivity (Wildman–Crippen MR) is 68.4 cm³/mol. The lowest BCUT2D eigenvalue weighted by Gasteiger charge is -2.25. The number of ether oxygens (including phenoxy) is 1. The lowest BCUT2D eigenvalue weighted by molar-refractivity contribution is -0.140. The molecule has 0 saturated carbocycles. The van der Waals surface area contributed by atoms with Crippen LogP contribution in [0.15, 0.2) is 0 Å². The molecule has 8 heteroatoms. The van der Waals surface area contributed by atoms with Crippen molar-refractivity contribution in [2.45, 2.75) is 37.8 Å². The molecule has 0 radical (unpaired) electrons. The van der Waals surface area contributed by atoms with Crippen LogP contribution in [-0.2, 0) is 14.3 Å². The van der Waals surface area contributed by atoms with Gasteiger partial charge in [-0.25, -0.2) is 9.59 Å². The molecule has 2 atom stereocenters. The number of rotatable bonds is 7. The Balaban J connectivity index is 2.45. The van der Waals surface area contributed by atoms with E-state index in [0.29, 0.717) is 13.2 Å². The van der Waals surface area contributed by atoms with Crippen LogP contribution in [-0.4, -0.2) is 65.4 Å². The van der Waals surface area contributed by atoms with Gasteiger partial charge in [0.05, 0.1) is 12.6 Å². The topological polar surface area (TPSA) is 116 Å². The van der Waals surface area contributed by atoms with Crippen molar-refractivity contribution < 1.29 is 29.3 Å². The number of carboxylic acids is 2. The van der Waals surface area contributed by atoms with Crippen molar-refractivity contribution in [2.75, 3.05) is 20.3 Å². The van der Waals surface area contributed by atoms with Crippen molar-refractivity contribution in [3.8, 4) is 0 Å².